The Hall–Kier alpha value is -5.77. The Morgan fingerprint density at radius 1 is 1.04 bits per heavy atom. The highest BCUT2D eigenvalue weighted by Crippen LogP contribution is 2.43. The summed E-state index contributed by atoms with van der Waals surface area (Å²) in [7, 11) is 1.51. The number of nitrogens with one attached hydrogen (secondary N) is 2. The van der Waals surface area contributed by atoms with Gasteiger partial charge in [0.25, 0.3) is 0 Å². The van der Waals surface area contributed by atoms with Gasteiger partial charge in [-0.3, -0.25) is 14.4 Å². The van der Waals surface area contributed by atoms with Gasteiger partial charge >= 0.3 is 5.97 Å². The number of phenolic OH excluding ortho intramolecular Hbond substituents is 1. The summed E-state index contributed by atoms with van der Waals surface area (Å²) >= 11 is 0. The smallest absolute Gasteiger partial charge is 0.302 e. The molecule has 0 radical (unpaired) electrons. The number of fused-ring (bicyclic) bond motifs is 3. The topological polar surface area (TPSA) is 126 Å². The molecule has 0 saturated heterocycles. The summed E-state index contributed by atoms with van der Waals surface area (Å²) in [6.07, 6.45) is 25.3. The maximum absolute atomic E-state index is 14.3. The summed E-state index contributed by atoms with van der Waals surface area (Å²) in [6, 6.07) is 10.9. The van der Waals surface area contributed by atoms with Gasteiger partial charge in [0, 0.05) is 74.8 Å². The number of aromatic hydroxyl groups is 1. The van der Waals surface area contributed by atoms with Crippen molar-refractivity contribution in [2.75, 3.05) is 25.1 Å². The lowest BCUT2D eigenvalue weighted by Crippen LogP contribution is -2.35. The largest absolute Gasteiger partial charge is 0.504 e. The molecule has 10 heteroatoms. The first-order chi connectivity index (χ1) is 27.5. The van der Waals surface area contributed by atoms with Crippen LogP contribution < -0.4 is 15.0 Å². The van der Waals surface area contributed by atoms with Crippen LogP contribution in [0.5, 0.6) is 11.5 Å². The number of methoxy groups -OCH3 is 1. The van der Waals surface area contributed by atoms with E-state index in [1.165, 1.54) is 30.7 Å². The van der Waals surface area contributed by atoms with E-state index in [2.05, 4.69) is 93.9 Å². The molecule has 3 aliphatic rings. The molecule has 1 aliphatic carbocycles. The van der Waals surface area contributed by atoms with E-state index in [4.69, 9.17) is 9.47 Å². The highest BCUT2D eigenvalue weighted by molar-refractivity contribution is 5.95. The van der Waals surface area contributed by atoms with Crippen molar-refractivity contribution in [1.29, 1.82) is 0 Å². The van der Waals surface area contributed by atoms with Crippen LogP contribution in [-0.2, 0) is 32.0 Å². The minimum atomic E-state index is -0.593. The number of H-pyrrole nitrogens is 1. The number of aromatic nitrogens is 2. The lowest BCUT2D eigenvalue weighted by atomic mass is 9.66. The zero-order chi connectivity index (χ0) is 40.1. The molecule has 2 aliphatic heterocycles. The first kappa shape index (κ1) is 39.5. The number of esters is 1. The van der Waals surface area contributed by atoms with E-state index < -0.39 is 18.1 Å². The number of anilines is 1. The van der Waals surface area contributed by atoms with E-state index in [0.717, 1.165) is 53.5 Å². The van der Waals surface area contributed by atoms with Gasteiger partial charge in [0.2, 0.25) is 0 Å². The van der Waals surface area contributed by atoms with Gasteiger partial charge < -0.3 is 34.3 Å². The van der Waals surface area contributed by atoms with Crippen molar-refractivity contribution in [3.63, 3.8) is 0 Å². The second kappa shape index (κ2) is 17.2. The van der Waals surface area contributed by atoms with Gasteiger partial charge in [0.05, 0.1) is 18.8 Å². The first-order valence-electron chi connectivity index (χ1n) is 20.1. The van der Waals surface area contributed by atoms with E-state index >= 15 is 0 Å². The Balaban J connectivity index is 1.35. The van der Waals surface area contributed by atoms with Crippen LogP contribution in [-0.4, -0.2) is 58.5 Å². The highest BCUT2D eigenvalue weighted by Gasteiger charge is 2.36. The fraction of sp³-hybridized carbons (Fsp3) is 0.383. The van der Waals surface area contributed by atoms with E-state index in [9.17, 15) is 19.5 Å². The van der Waals surface area contributed by atoms with Gasteiger partial charge in [-0.15, -0.1) is 0 Å². The summed E-state index contributed by atoms with van der Waals surface area (Å²) < 4.78 is 13.5. The van der Waals surface area contributed by atoms with E-state index in [0.29, 0.717) is 31.7 Å². The molecule has 57 heavy (non-hydrogen) atoms. The summed E-state index contributed by atoms with van der Waals surface area (Å²) in [5.41, 5.74) is 5.26. The van der Waals surface area contributed by atoms with Crippen molar-refractivity contribution in [3.8, 4) is 11.5 Å². The van der Waals surface area contributed by atoms with Gasteiger partial charge in [-0.05, 0) is 96.9 Å². The number of hydrogen-bond acceptors (Lipinski definition) is 8. The quantitative estimate of drug-likeness (QED) is 0.167. The number of carbonyl (C=O) groups excluding carboxylic acids is 3. The van der Waals surface area contributed by atoms with Crippen molar-refractivity contribution in [2.24, 2.45) is 11.3 Å². The monoisotopic (exact) mass is 770 g/mol. The SMILES string of the molecule is COc1cc([C@@H]2CC(=O)C[C@H](OC(C)=O)CC[C@@]3(C=CC=C[C@@H]3C)Cc3c[nH]cc3CCC3=CCNC(=C3)N(CCC(C)=O)c3cccc4cn2cc34)ccc1O. The van der Waals surface area contributed by atoms with Gasteiger partial charge in [-0.1, -0.05) is 55.5 Å². The third-order valence-corrected chi connectivity index (χ3v) is 12.0. The normalized spacial score (nSPS) is 23.0. The van der Waals surface area contributed by atoms with Crippen LogP contribution >= 0.6 is 0 Å². The van der Waals surface area contributed by atoms with Crippen LogP contribution in [0.15, 0.2) is 109 Å². The molecule has 3 N–H and O–H groups in total. The van der Waals surface area contributed by atoms with Crippen molar-refractivity contribution < 1.29 is 29.0 Å². The fourth-order valence-electron chi connectivity index (χ4n) is 8.76. The average Bonchev–Trinajstić information content (AvgIpc) is 3.83. The number of ether oxygens (including phenoxy) is 2. The summed E-state index contributed by atoms with van der Waals surface area (Å²) in [5, 5.41) is 16.1. The Morgan fingerprint density at radius 3 is 2.67 bits per heavy atom. The zero-order valence-electron chi connectivity index (χ0n) is 33.4. The van der Waals surface area contributed by atoms with Crippen LogP contribution in [0.25, 0.3) is 10.8 Å². The minimum absolute atomic E-state index is 0.00877. The number of phenols is 1. The molecule has 0 unspecified atom stereocenters. The Bertz CT molecular complexity index is 2260. The molecule has 7 rings (SSSR count). The van der Waals surface area contributed by atoms with E-state index in [1.54, 1.807) is 19.1 Å². The lowest BCUT2D eigenvalue weighted by molar-refractivity contribution is -0.148. The molecular weight excluding hydrogens is 717 g/mol. The maximum atomic E-state index is 14.3. The molecule has 4 atom stereocenters. The molecule has 0 fully saturated rings. The predicted molar refractivity (Wildman–Crippen MR) is 223 cm³/mol. The second-order valence-electron chi connectivity index (χ2n) is 15.9. The fourth-order valence-corrected chi connectivity index (χ4v) is 8.76. The number of hydrogen-bond donors (Lipinski definition) is 3. The third kappa shape index (κ3) is 8.95. The van der Waals surface area contributed by atoms with Crippen molar-refractivity contribution in [2.45, 2.75) is 84.3 Å². The minimum Gasteiger partial charge on any atom is -0.504 e. The number of rotatable bonds is 6. The van der Waals surface area contributed by atoms with Gasteiger partial charge in [-0.2, -0.15) is 0 Å². The van der Waals surface area contributed by atoms with Crippen molar-refractivity contribution in [3.05, 3.63) is 126 Å². The second-order valence-corrected chi connectivity index (χ2v) is 15.9. The molecule has 0 amide bonds. The summed E-state index contributed by atoms with van der Waals surface area (Å²) in [4.78, 5) is 44.9. The first-order valence-corrected chi connectivity index (χ1v) is 20.1. The van der Waals surface area contributed by atoms with Crippen LogP contribution in [0.4, 0.5) is 5.69 Å². The standard InChI is InChI=1S/C47H54N4O6/c1-31-8-5-6-18-47(31)19-15-40(57-33(3)53)24-39(54)25-43(35-13-14-44(55)45(23-35)56-4)50-29-37-9-7-10-42(41(37)30-50)51(21-17-32(2)52)46-22-34(16-20-49-46)11-12-36-27-48-28-38(36)26-47/h5-10,13-14,16,18,22-23,27-31,40,43,48-49,55H,11-12,15,17,19-21,24-26H2,1-4H3/t31-,40+,43-,47-/m0/s1. The number of aryl methyl sites for hydroxylation is 1. The third-order valence-electron chi connectivity index (χ3n) is 12.0. The van der Waals surface area contributed by atoms with Gasteiger partial charge in [0.15, 0.2) is 11.5 Å². The summed E-state index contributed by atoms with van der Waals surface area (Å²) in [5.74, 6) is 1.13. The molecule has 4 bridgehead atoms. The molecular formula is C47H54N4O6. The number of aromatic amines is 1. The van der Waals surface area contributed by atoms with Crippen molar-refractivity contribution >= 4 is 34.0 Å². The molecule has 4 heterocycles. The molecule has 298 valence electrons. The Kier molecular flexibility index (Phi) is 11.9. The molecule has 10 nitrogen and oxygen atoms in total. The Morgan fingerprint density at radius 2 is 1.88 bits per heavy atom. The molecule has 0 saturated carbocycles. The van der Waals surface area contributed by atoms with Gasteiger partial charge in [-0.25, -0.2) is 0 Å². The maximum Gasteiger partial charge on any atom is 0.302 e. The van der Waals surface area contributed by atoms with Gasteiger partial charge in [0.1, 0.15) is 23.5 Å². The van der Waals surface area contributed by atoms with E-state index in [1.807, 2.05) is 18.3 Å². The average molecular weight is 771 g/mol. The highest BCUT2D eigenvalue weighted by atomic mass is 16.5. The molecule has 1 spiro atoms. The number of carbonyl (C=O) groups is 3. The van der Waals surface area contributed by atoms with Crippen LogP contribution in [0.2, 0.25) is 0 Å². The predicted octanol–water partition coefficient (Wildman–Crippen LogP) is 8.43. The zero-order valence-corrected chi connectivity index (χ0v) is 33.4. The number of dihydropyridines is 1. The molecule has 4 aromatic rings. The van der Waals surface area contributed by atoms with Crippen molar-refractivity contribution in [1.82, 2.24) is 14.9 Å². The molecule has 2 aromatic heterocycles. The van der Waals surface area contributed by atoms with Crippen LogP contribution in [0, 0.1) is 11.3 Å². The lowest BCUT2D eigenvalue weighted by Gasteiger charge is -2.38. The number of benzene rings is 2. The number of nitrogens with zero attached hydrogens (tertiary/aromatic N) is 2. The number of allylic oxidation sites excluding steroid dienone is 6. The summed E-state index contributed by atoms with van der Waals surface area (Å²) in [6.45, 7) is 6.43. The number of Topliss-reactive ketones (excluding diaryl/α,β-unsaturated/α-hetero) is 2. The van der Waals surface area contributed by atoms with Crippen LogP contribution in [0.3, 0.4) is 0 Å². The van der Waals surface area contributed by atoms with Crippen LogP contribution in [0.1, 0.15) is 82.0 Å². The van der Waals surface area contributed by atoms with E-state index in [-0.39, 0.29) is 41.5 Å². The molecule has 2 aromatic carbocycles. The Labute approximate surface area is 334 Å². The number of ketones is 2.